The molecule has 2 aliphatic rings. The number of aryl methyl sites for hydroxylation is 1. The van der Waals surface area contributed by atoms with Crippen molar-refractivity contribution in [1.29, 1.82) is 0 Å². The lowest BCUT2D eigenvalue weighted by Gasteiger charge is -2.21. The summed E-state index contributed by atoms with van der Waals surface area (Å²) in [5.74, 6) is 0.0401. The molecule has 1 aromatic carbocycles. The van der Waals surface area contributed by atoms with Gasteiger partial charge in [0.25, 0.3) is 5.91 Å². The molecule has 2 heterocycles. The number of amides is 1. The van der Waals surface area contributed by atoms with E-state index in [1.54, 1.807) is 0 Å². The van der Waals surface area contributed by atoms with Gasteiger partial charge in [0.15, 0.2) is 0 Å². The van der Waals surface area contributed by atoms with Crippen molar-refractivity contribution in [3.05, 3.63) is 52.6 Å². The van der Waals surface area contributed by atoms with Gasteiger partial charge in [-0.2, -0.15) is 0 Å². The quantitative estimate of drug-likeness (QED) is 0.782. The fourth-order valence-electron chi connectivity index (χ4n) is 2.86. The van der Waals surface area contributed by atoms with Gasteiger partial charge in [-0.15, -0.1) is 0 Å². The number of benzene rings is 1. The molecule has 19 heavy (non-hydrogen) atoms. The van der Waals surface area contributed by atoms with Gasteiger partial charge in [-0.1, -0.05) is 30.4 Å². The molecule has 1 fully saturated rings. The van der Waals surface area contributed by atoms with Crippen LogP contribution in [-0.4, -0.2) is 28.5 Å². The molecule has 1 N–H and O–H groups in total. The predicted octanol–water partition coefficient (Wildman–Crippen LogP) is 2.28. The fourth-order valence-corrected chi connectivity index (χ4v) is 2.86. The summed E-state index contributed by atoms with van der Waals surface area (Å²) in [4.78, 5) is 14.5. The van der Waals surface area contributed by atoms with Crippen LogP contribution in [0, 0.1) is 6.92 Å². The van der Waals surface area contributed by atoms with Crippen LogP contribution in [0.1, 0.15) is 33.5 Å². The molecule has 98 valence electrons. The topological polar surface area (TPSA) is 40.5 Å². The highest BCUT2D eigenvalue weighted by molar-refractivity contribution is 6.00. The van der Waals surface area contributed by atoms with Crippen LogP contribution in [0.4, 0.5) is 0 Å². The molecule has 1 saturated heterocycles. The average molecular weight is 255 g/mol. The first kappa shape index (κ1) is 12.2. The van der Waals surface area contributed by atoms with Crippen LogP contribution in [0.3, 0.4) is 0 Å². The standard InChI is InChI=1S/C16H17NO2/c1-10-5-14-4-3-12-6-11(2)13(9-18)7-15(12)16(19)17(14)8-10/h3-4,6-7,14,18H,1,5,8-9H2,2H3/t14-/m1/s1. The monoisotopic (exact) mass is 255 g/mol. The molecule has 0 saturated carbocycles. The van der Waals surface area contributed by atoms with Crippen molar-refractivity contribution >= 4 is 12.0 Å². The van der Waals surface area contributed by atoms with Crippen molar-refractivity contribution < 1.29 is 9.90 Å². The maximum Gasteiger partial charge on any atom is 0.255 e. The van der Waals surface area contributed by atoms with Crippen LogP contribution in [0.5, 0.6) is 0 Å². The molecule has 1 aromatic rings. The van der Waals surface area contributed by atoms with Gasteiger partial charge >= 0.3 is 0 Å². The van der Waals surface area contributed by atoms with Gasteiger partial charge in [0.1, 0.15) is 0 Å². The minimum atomic E-state index is -0.0355. The molecule has 0 aliphatic carbocycles. The molecule has 3 nitrogen and oxygen atoms in total. The summed E-state index contributed by atoms with van der Waals surface area (Å²) in [6.45, 7) is 6.53. The smallest absolute Gasteiger partial charge is 0.255 e. The van der Waals surface area contributed by atoms with Gasteiger partial charge in [-0.05, 0) is 36.1 Å². The van der Waals surface area contributed by atoms with Crippen molar-refractivity contribution in [1.82, 2.24) is 4.90 Å². The predicted molar refractivity (Wildman–Crippen MR) is 74.7 cm³/mol. The molecular formula is C16H17NO2. The summed E-state index contributed by atoms with van der Waals surface area (Å²) in [5.41, 5.74) is 4.56. The van der Waals surface area contributed by atoms with Crippen LogP contribution < -0.4 is 0 Å². The number of aliphatic hydroxyl groups is 1. The second kappa shape index (κ2) is 4.35. The summed E-state index contributed by atoms with van der Waals surface area (Å²) >= 11 is 0. The van der Waals surface area contributed by atoms with Crippen molar-refractivity contribution in [2.45, 2.75) is 26.0 Å². The van der Waals surface area contributed by atoms with Gasteiger partial charge in [0.05, 0.1) is 12.6 Å². The van der Waals surface area contributed by atoms with Gasteiger partial charge < -0.3 is 10.0 Å². The Balaban J connectivity index is 2.11. The lowest BCUT2D eigenvalue weighted by atomic mass is 9.98. The van der Waals surface area contributed by atoms with Crippen molar-refractivity contribution in [3.63, 3.8) is 0 Å². The number of carbonyl (C=O) groups excluding carboxylic acids is 1. The van der Waals surface area contributed by atoms with Gasteiger partial charge in [-0.25, -0.2) is 0 Å². The molecule has 0 aromatic heterocycles. The number of hydrogen-bond donors (Lipinski definition) is 1. The molecule has 0 radical (unpaired) electrons. The normalized spacial score (nSPS) is 21.4. The van der Waals surface area contributed by atoms with E-state index < -0.39 is 0 Å². The summed E-state index contributed by atoms with van der Waals surface area (Å²) in [7, 11) is 0. The van der Waals surface area contributed by atoms with Crippen LogP contribution in [0.25, 0.3) is 6.08 Å². The molecule has 1 atom stereocenters. The highest BCUT2D eigenvalue weighted by atomic mass is 16.3. The van der Waals surface area contributed by atoms with Gasteiger partial charge in [-0.3, -0.25) is 4.79 Å². The zero-order valence-corrected chi connectivity index (χ0v) is 11.0. The molecular weight excluding hydrogens is 238 g/mol. The number of rotatable bonds is 1. The van der Waals surface area contributed by atoms with Crippen molar-refractivity contribution in [3.8, 4) is 0 Å². The summed E-state index contributed by atoms with van der Waals surface area (Å²) < 4.78 is 0. The first-order valence-electron chi connectivity index (χ1n) is 6.50. The molecule has 0 bridgehead atoms. The van der Waals surface area contributed by atoms with Crippen LogP contribution in [-0.2, 0) is 6.61 Å². The van der Waals surface area contributed by atoms with E-state index in [1.807, 2.05) is 30.0 Å². The summed E-state index contributed by atoms with van der Waals surface area (Å²) in [5, 5.41) is 9.35. The van der Waals surface area contributed by atoms with E-state index >= 15 is 0 Å². The van der Waals surface area contributed by atoms with Gasteiger partial charge in [0.2, 0.25) is 0 Å². The number of nitrogens with zero attached hydrogens (tertiary/aromatic N) is 1. The third-order valence-electron chi connectivity index (χ3n) is 3.96. The SMILES string of the molecule is C=C1C[C@H]2C=Cc3cc(C)c(CO)cc3C(=O)N2C1. The Morgan fingerprint density at radius 1 is 1.47 bits per heavy atom. The van der Waals surface area contributed by atoms with Gasteiger partial charge in [0, 0.05) is 12.1 Å². The number of hydrogen-bond acceptors (Lipinski definition) is 2. The highest BCUT2D eigenvalue weighted by Gasteiger charge is 2.32. The van der Waals surface area contributed by atoms with Crippen LogP contribution in [0.2, 0.25) is 0 Å². The molecule has 3 heteroatoms. The maximum absolute atomic E-state index is 12.6. The maximum atomic E-state index is 12.6. The van der Waals surface area contributed by atoms with Crippen LogP contribution in [0.15, 0.2) is 30.4 Å². The highest BCUT2D eigenvalue weighted by Crippen LogP contribution is 2.30. The largest absolute Gasteiger partial charge is 0.392 e. The number of carbonyl (C=O) groups is 1. The molecule has 3 rings (SSSR count). The van der Waals surface area contributed by atoms with Crippen molar-refractivity contribution in [2.75, 3.05) is 6.54 Å². The fraction of sp³-hybridized carbons (Fsp3) is 0.312. The first-order valence-corrected chi connectivity index (χ1v) is 6.50. The Labute approximate surface area is 112 Å². The van der Waals surface area contributed by atoms with E-state index in [2.05, 4.69) is 12.7 Å². The molecule has 0 spiro atoms. The Kier molecular flexibility index (Phi) is 2.79. The first-order chi connectivity index (χ1) is 9.10. The molecule has 1 amide bonds. The van der Waals surface area contributed by atoms with E-state index in [0.29, 0.717) is 12.1 Å². The average Bonchev–Trinajstić information content (AvgIpc) is 2.71. The van der Waals surface area contributed by atoms with Crippen molar-refractivity contribution in [2.24, 2.45) is 0 Å². The second-order valence-corrected chi connectivity index (χ2v) is 5.34. The van der Waals surface area contributed by atoms with E-state index in [9.17, 15) is 9.90 Å². The minimum Gasteiger partial charge on any atom is -0.392 e. The summed E-state index contributed by atoms with van der Waals surface area (Å²) in [6, 6.07) is 3.93. The number of aliphatic hydroxyl groups excluding tert-OH is 1. The van der Waals surface area contributed by atoms with E-state index in [-0.39, 0.29) is 18.6 Å². The third kappa shape index (κ3) is 1.90. The molecule has 2 aliphatic heterocycles. The third-order valence-corrected chi connectivity index (χ3v) is 3.96. The summed E-state index contributed by atoms with van der Waals surface area (Å²) in [6.07, 6.45) is 4.95. The number of fused-ring (bicyclic) bond motifs is 2. The van der Waals surface area contributed by atoms with E-state index in [1.165, 1.54) is 0 Å². The Morgan fingerprint density at radius 2 is 2.26 bits per heavy atom. The Hall–Kier alpha value is -1.87. The Bertz CT molecular complexity index is 601. The second-order valence-electron chi connectivity index (χ2n) is 5.34. The lowest BCUT2D eigenvalue weighted by molar-refractivity contribution is 0.0766. The lowest BCUT2D eigenvalue weighted by Crippen LogP contribution is -2.33. The zero-order chi connectivity index (χ0) is 13.6. The molecule has 0 unspecified atom stereocenters. The van der Waals surface area contributed by atoms with E-state index in [0.717, 1.165) is 28.7 Å². The minimum absolute atomic E-state index is 0.0355. The Morgan fingerprint density at radius 3 is 3.00 bits per heavy atom. The zero-order valence-electron chi connectivity index (χ0n) is 11.0. The van der Waals surface area contributed by atoms with Crippen LogP contribution >= 0.6 is 0 Å². The van der Waals surface area contributed by atoms with E-state index in [4.69, 9.17) is 0 Å².